The molecule has 0 rings (SSSR count). The number of methoxy groups -OCH3 is 1. The first-order valence-corrected chi connectivity index (χ1v) is 7.34. The van der Waals surface area contributed by atoms with Crippen LogP contribution < -0.4 is 0 Å². The van der Waals surface area contributed by atoms with E-state index in [1.54, 1.807) is 12.2 Å². The highest BCUT2D eigenvalue weighted by molar-refractivity contribution is 5.96. The zero-order valence-corrected chi connectivity index (χ0v) is 14.2. The van der Waals surface area contributed by atoms with Gasteiger partial charge in [0.2, 0.25) is 0 Å². The van der Waals surface area contributed by atoms with Crippen LogP contribution in [0.15, 0.2) is 48.0 Å². The second-order valence-corrected chi connectivity index (χ2v) is 4.52. The molecule has 0 saturated carbocycles. The zero-order valence-electron chi connectivity index (χ0n) is 14.2. The Labute approximate surface area is 145 Å². The van der Waals surface area contributed by atoms with Crippen LogP contribution in [-0.2, 0) is 28.6 Å². The van der Waals surface area contributed by atoms with Crippen molar-refractivity contribution in [2.24, 2.45) is 0 Å². The number of aliphatic hydroxyl groups is 2. The van der Waals surface area contributed by atoms with Gasteiger partial charge in [-0.1, -0.05) is 30.9 Å². The van der Waals surface area contributed by atoms with E-state index in [0.29, 0.717) is 6.42 Å². The highest BCUT2D eigenvalue weighted by Crippen LogP contribution is 2.08. The van der Waals surface area contributed by atoms with Crippen molar-refractivity contribution in [3.05, 3.63) is 48.0 Å². The Hall–Kier alpha value is -3.03. The van der Waals surface area contributed by atoms with Crippen molar-refractivity contribution in [2.45, 2.75) is 19.8 Å². The summed E-state index contributed by atoms with van der Waals surface area (Å²) in [6.45, 7) is 4.85. The SMILES string of the molecule is C=C/C=C(\C=C/C)CCC(=O)OCCOC(=O)/C(O)=C(\O)C(=O)OC. The predicted octanol–water partition coefficient (Wildman–Crippen LogP) is 2.04. The second-order valence-electron chi connectivity index (χ2n) is 4.52. The minimum absolute atomic E-state index is 0.131. The zero-order chi connectivity index (χ0) is 19.2. The Balaban J connectivity index is 4.22. The summed E-state index contributed by atoms with van der Waals surface area (Å²) in [6, 6.07) is 0. The number of allylic oxidation sites excluding steroid dienone is 5. The minimum atomic E-state index is -1.34. The van der Waals surface area contributed by atoms with Crippen LogP contribution in [0.5, 0.6) is 0 Å². The molecule has 0 aliphatic rings. The lowest BCUT2D eigenvalue weighted by atomic mass is 10.1. The third-order valence-electron chi connectivity index (χ3n) is 2.71. The Bertz CT molecular complexity index is 583. The van der Waals surface area contributed by atoms with Gasteiger partial charge in [-0.25, -0.2) is 9.59 Å². The number of rotatable bonds is 10. The Morgan fingerprint density at radius 3 is 2.16 bits per heavy atom. The molecule has 0 aromatic heterocycles. The van der Waals surface area contributed by atoms with Crippen LogP contribution in [0.2, 0.25) is 0 Å². The van der Waals surface area contributed by atoms with Crippen LogP contribution in [-0.4, -0.2) is 48.4 Å². The predicted molar refractivity (Wildman–Crippen MR) is 88.5 cm³/mol. The quantitative estimate of drug-likeness (QED) is 0.153. The first-order chi connectivity index (χ1) is 11.9. The van der Waals surface area contributed by atoms with E-state index in [4.69, 9.17) is 9.84 Å². The Morgan fingerprint density at radius 2 is 1.60 bits per heavy atom. The van der Waals surface area contributed by atoms with Gasteiger partial charge in [-0.15, -0.1) is 0 Å². The van der Waals surface area contributed by atoms with Crippen LogP contribution in [0, 0.1) is 0 Å². The average molecular weight is 354 g/mol. The molecule has 8 heteroatoms. The lowest BCUT2D eigenvalue weighted by Gasteiger charge is -2.07. The van der Waals surface area contributed by atoms with Gasteiger partial charge in [0, 0.05) is 6.42 Å². The second kappa shape index (κ2) is 12.4. The smallest absolute Gasteiger partial charge is 0.377 e. The van der Waals surface area contributed by atoms with Crippen molar-refractivity contribution >= 4 is 17.9 Å². The Kier molecular flexibility index (Phi) is 10.9. The van der Waals surface area contributed by atoms with E-state index in [0.717, 1.165) is 12.7 Å². The minimum Gasteiger partial charge on any atom is -0.499 e. The molecule has 138 valence electrons. The number of esters is 3. The van der Waals surface area contributed by atoms with Crippen molar-refractivity contribution in [1.29, 1.82) is 0 Å². The third-order valence-corrected chi connectivity index (χ3v) is 2.71. The summed E-state index contributed by atoms with van der Waals surface area (Å²) in [7, 11) is 0.961. The summed E-state index contributed by atoms with van der Waals surface area (Å²) in [5.41, 5.74) is 0.911. The summed E-state index contributed by atoms with van der Waals surface area (Å²) in [5, 5.41) is 18.4. The van der Waals surface area contributed by atoms with E-state index < -0.39 is 29.4 Å². The summed E-state index contributed by atoms with van der Waals surface area (Å²) in [6.07, 6.45) is 7.67. The first-order valence-electron chi connectivity index (χ1n) is 7.34. The molecule has 0 saturated heterocycles. The molecule has 0 atom stereocenters. The average Bonchev–Trinajstić information content (AvgIpc) is 2.61. The van der Waals surface area contributed by atoms with Gasteiger partial charge >= 0.3 is 17.9 Å². The number of carbonyl (C=O) groups is 3. The van der Waals surface area contributed by atoms with Crippen molar-refractivity contribution in [3.63, 3.8) is 0 Å². The van der Waals surface area contributed by atoms with Gasteiger partial charge < -0.3 is 24.4 Å². The van der Waals surface area contributed by atoms with Gasteiger partial charge in [-0.05, 0) is 18.9 Å². The fraction of sp³-hybridized carbons (Fsp3) is 0.353. The van der Waals surface area contributed by atoms with Crippen LogP contribution in [0.4, 0.5) is 0 Å². The van der Waals surface area contributed by atoms with E-state index in [1.807, 2.05) is 19.1 Å². The fourth-order valence-electron chi connectivity index (χ4n) is 1.55. The first kappa shape index (κ1) is 22.0. The van der Waals surface area contributed by atoms with Crippen LogP contribution in [0.25, 0.3) is 0 Å². The van der Waals surface area contributed by atoms with Gasteiger partial charge in [0.25, 0.3) is 11.5 Å². The largest absolute Gasteiger partial charge is 0.499 e. The molecule has 0 unspecified atom stereocenters. The van der Waals surface area contributed by atoms with Gasteiger partial charge in [0.05, 0.1) is 7.11 Å². The van der Waals surface area contributed by atoms with E-state index in [2.05, 4.69) is 16.1 Å². The molecule has 0 aromatic rings. The number of hydrogen-bond acceptors (Lipinski definition) is 8. The maximum absolute atomic E-state index is 11.6. The third kappa shape index (κ3) is 8.99. The van der Waals surface area contributed by atoms with E-state index in [9.17, 15) is 19.5 Å². The number of hydrogen-bond donors (Lipinski definition) is 2. The topological polar surface area (TPSA) is 119 Å². The normalized spacial score (nSPS) is 12.3. The molecular weight excluding hydrogens is 332 g/mol. The molecule has 25 heavy (non-hydrogen) atoms. The monoisotopic (exact) mass is 354 g/mol. The maximum Gasteiger partial charge on any atom is 0.377 e. The van der Waals surface area contributed by atoms with E-state index in [1.165, 1.54) is 0 Å². The summed E-state index contributed by atoms with van der Waals surface area (Å²) in [4.78, 5) is 33.8. The van der Waals surface area contributed by atoms with Crippen LogP contribution >= 0.6 is 0 Å². The summed E-state index contributed by atoms with van der Waals surface area (Å²) < 4.78 is 13.5. The van der Waals surface area contributed by atoms with Crippen LogP contribution in [0.1, 0.15) is 19.8 Å². The van der Waals surface area contributed by atoms with Crippen molar-refractivity contribution < 1.29 is 38.8 Å². The van der Waals surface area contributed by atoms with E-state index in [-0.39, 0.29) is 19.6 Å². The highest BCUT2D eigenvalue weighted by Gasteiger charge is 2.21. The van der Waals surface area contributed by atoms with Gasteiger partial charge in [-0.2, -0.15) is 0 Å². The van der Waals surface area contributed by atoms with Crippen molar-refractivity contribution in [2.75, 3.05) is 20.3 Å². The van der Waals surface area contributed by atoms with Crippen molar-refractivity contribution in [1.82, 2.24) is 0 Å². The summed E-state index contributed by atoms with van der Waals surface area (Å²) >= 11 is 0. The molecule has 0 fully saturated rings. The van der Waals surface area contributed by atoms with Gasteiger partial charge in [-0.3, -0.25) is 4.79 Å². The molecular formula is C17H22O8. The highest BCUT2D eigenvalue weighted by atomic mass is 16.6. The standard InChI is InChI=1S/C17H22O8/c1-4-6-12(7-5-2)8-9-13(18)24-10-11-25-17(22)15(20)14(19)16(21)23-3/h4-7,19-20H,1,8-11H2,2-3H3/b7-5-,12-6+,15-14+. The van der Waals surface area contributed by atoms with Crippen molar-refractivity contribution in [3.8, 4) is 0 Å². The number of aliphatic hydroxyl groups excluding tert-OH is 2. The van der Waals surface area contributed by atoms with E-state index >= 15 is 0 Å². The van der Waals surface area contributed by atoms with Crippen LogP contribution in [0.3, 0.4) is 0 Å². The Morgan fingerprint density at radius 1 is 1.00 bits per heavy atom. The van der Waals surface area contributed by atoms with Gasteiger partial charge in [0.15, 0.2) is 0 Å². The molecule has 2 N–H and O–H groups in total. The number of ether oxygens (including phenoxy) is 3. The molecule has 0 heterocycles. The lowest BCUT2D eigenvalue weighted by Crippen LogP contribution is -2.18. The number of carbonyl (C=O) groups excluding carboxylic acids is 3. The summed E-state index contributed by atoms with van der Waals surface area (Å²) in [5.74, 6) is -5.68. The molecule has 0 amide bonds. The van der Waals surface area contributed by atoms with Gasteiger partial charge in [0.1, 0.15) is 13.2 Å². The lowest BCUT2D eigenvalue weighted by molar-refractivity contribution is -0.152. The molecule has 0 radical (unpaired) electrons. The molecule has 0 spiro atoms. The maximum atomic E-state index is 11.6. The molecule has 0 aromatic carbocycles. The fourth-order valence-corrected chi connectivity index (χ4v) is 1.55. The molecule has 0 aliphatic carbocycles. The molecule has 0 aliphatic heterocycles. The molecule has 0 bridgehead atoms. The molecule has 8 nitrogen and oxygen atoms in total.